The van der Waals surface area contributed by atoms with E-state index in [1.54, 1.807) is 0 Å². The Balaban J connectivity index is 1.50. The number of fused-ring (bicyclic) bond motifs is 1. The van der Waals surface area contributed by atoms with Crippen molar-refractivity contribution in [1.82, 2.24) is 24.6 Å². The number of hydrogen-bond acceptors (Lipinski definition) is 10. The summed E-state index contributed by atoms with van der Waals surface area (Å²) < 4.78 is 7.11. The molecule has 30 heavy (non-hydrogen) atoms. The van der Waals surface area contributed by atoms with Gasteiger partial charge in [-0.1, -0.05) is 0 Å². The number of aliphatic hydroxyl groups is 3. The average Bonchev–Trinajstić information content (AvgIpc) is 3.31. The Morgan fingerprint density at radius 1 is 1.13 bits per heavy atom. The zero-order chi connectivity index (χ0) is 21.7. The minimum atomic E-state index is -1.21. The van der Waals surface area contributed by atoms with Crippen LogP contribution in [0, 0.1) is 0 Å². The van der Waals surface area contributed by atoms with Crippen molar-refractivity contribution in [3.63, 3.8) is 0 Å². The highest BCUT2D eigenvalue weighted by molar-refractivity contribution is 5.82. The van der Waals surface area contributed by atoms with Gasteiger partial charge in [0.2, 0.25) is 0 Å². The van der Waals surface area contributed by atoms with Gasteiger partial charge in [0.05, 0.1) is 12.9 Å². The van der Waals surface area contributed by atoms with Crippen molar-refractivity contribution in [3.05, 3.63) is 12.7 Å². The summed E-state index contributed by atoms with van der Waals surface area (Å²) >= 11 is 0. The van der Waals surface area contributed by atoms with E-state index in [9.17, 15) is 15.3 Å². The first-order chi connectivity index (χ1) is 14.2. The lowest BCUT2D eigenvalue weighted by molar-refractivity contribution is -0.235. The van der Waals surface area contributed by atoms with Crippen LogP contribution >= 0.6 is 0 Å². The summed E-state index contributed by atoms with van der Waals surface area (Å²) in [7, 11) is 0. The molecule has 0 aromatic carbocycles. The van der Waals surface area contributed by atoms with E-state index in [0.717, 1.165) is 12.8 Å². The molecule has 2 fully saturated rings. The smallest absolute Gasteiger partial charge is 0.167 e. The van der Waals surface area contributed by atoms with Gasteiger partial charge in [0.15, 0.2) is 23.2 Å². The molecule has 0 radical (unpaired) electrons. The molecule has 0 spiro atoms. The molecule has 2 unspecified atom stereocenters. The van der Waals surface area contributed by atoms with Crippen molar-refractivity contribution >= 4 is 17.0 Å². The predicted molar refractivity (Wildman–Crippen MR) is 107 cm³/mol. The zero-order valence-electron chi connectivity index (χ0n) is 17.7. The van der Waals surface area contributed by atoms with Gasteiger partial charge in [0, 0.05) is 11.1 Å². The topological polar surface area (TPSA) is 138 Å². The number of nitrogens with zero attached hydrogens (tertiary/aromatic N) is 5. The largest absolute Gasteiger partial charge is 0.394 e. The summed E-state index contributed by atoms with van der Waals surface area (Å²) in [6.07, 6.45) is 0.756. The molecule has 2 aliphatic rings. The molecule has 11 heteroatoms. The van der Waals surface area contributed by atoms with E-state index < -0.39 is 31.1 Å². The van der Waals surface area contributed by atoms with Crippen LogP contribution in [0.3, 0.4) is 0 Å². The monoisotopic (exact) mass is 422 g/mol. The van der Waals surface area contributed by atoms with Gasteiger partial charge >= 0.3 is 0 Å². The lowest BCUT2D eigenvalue weighted by Crippen LogP contribution is -2.48. The van der Waals surface area contributed by atoms with Gasteiger partial charge in [0.25, 0.3) is 0 Å². The van der Waals surface area contributed by atoms with Gasteiger partial charge in [-0.2, -0.15) is 5.06 Å². The quantitative estimate of drug-likeness (QED) is 0.484. The van der Waals surface area contributed by atoms with Crippen molar-refractivity contribution in [2.45, 2.75) is 76.2 Å². The number of imidazole rings is 1. The Morgan fingerprint density at radius 3 is 2.47 bits per heavy atom. The average molecular weight is 422 g/mol. The Labute approximate surface area is 174 Å². The molecule has 2 saturated heterocycles. The summed E-state index contributed by atoms with van der Waals surface area (Å²) in [6, 6.07) is 0. The molecule has 166 valence electrons. The Kier molecular flexibility index (Phi) is 5.45. The van der Waals surface area contributed by atoms with Gasteiger partial charge in [-0.05, 0) is 40.5 Å². The van der Waals surface area contributed by atoms with E-state index in [0.29, 0.717) is 17.0 Å². The predicted octanol–water partition coefficient (Wildman–Crippen LogP) is 0.392. The van der Waals surface area contributed by atoms with Crippen LogP contribution in [0.2, 0.25) is 0 Å². The van der Waals surface area contributed by atoms with Crippen LogP contribution in [-0.4, -0.2) is 82.6 Å². The normalized spacial score (nSPS) is 30.9. The number of aliphatic hydroxyl groups excluding tert-OH is 3. The number of hydroxylamine groups is 2. The summed E-state index contributed by atoms with van der Waals surface area (Å²) in [6.45, 7) is 8.45. The van der Waals surface area contributed by atoms with Gasteiger partial charge in [-0.3, -0.25) is 9.40 Å². The Bertz CT molecular complexity index is 887. The zero-order valence-corrected chi connectivity index (χ0v) is 17.7. The highest BCUT2D eigenvalue weighted by Gasteiger charge is 2.46. The molecule has 0 amide bonds. The molecule has 11 nitrogen and oxygen atoms in total. The second kappa shape index (κ2) is 7.66. The lowest BCUT2D eigenvalue weighted by Gasteiger charge is -2.38. The maximum absolute atomic E-state index is 10.3. The second-order valence-electron chi connectivity index (χ2n) is 9.14. The molecular weight excluding hydrogens is 392 g/mol. The summed E-state index contributed by atoms with van der Waals surface area (Å²) in [4.78, 5) is 18.9. The van der Waals surface area contributed by atoms with E-state index in [2.05, 4.69) is 48.0 Å². The third kappa shape index (κ3) is 3.55. The molecule has 4 N–H and O–H groups in total. The van der Waals surface area contributed by atoms with Gasteiger partial charge < -0.3 is 25.4 Å². The van der Waals surface area contributed by atoms with Crippen LogP contribution in [0.1, 0.15) is 46.8 Å². The first kappa shape index (κ1) is 21.3. The maximum atomic E-state index is 10.3. The number of aromatic nitrogens is 4. The number of nitrogens with one attached hydrogen (secondary N) is 1. The molecule has 2 aliphatic heterocycles. The Hall–Kier alpha value is -1.89. The maximum Gasteiger partial charge on any atom is 0.167 e. The van der Waals surface area contributed by atoms with Crippen molar-refractivity contribution in [2.75, 3.05) is 18.7 Å². The molecule has 2 aromatic heterocycles. The van der Waals surface area contributed by atoms with Crippen LogP contribution in [-0.2, 0) is 9.57 Å². The minimum absolute atomic E-state index is 0.0617. The third-order valence-electron chi connectivity index (χ3n) is 6.03. The number of rotatable bonds is 6. The summed E-state index contributed by atoms with van der Waals surface area (Å²) in [5.41, 5.74) is 0.796. The van der Waals surface area contributed by atoms with Crippen LogP contribution in [0.5, 0.6) is 0 Å². The van der Waals surface area contributed by atoms with Crippen LogP contribution in [0.15, 0.2) is 12.7 Å². The molecule has 4 heterocycles. The molecule has 0 bridgehead atoms. The fraction of sp³-hybridized carbons (Fsp3) is 0.737. The third-order valence-corrected chi connectivity index (χ3v) is 6.03. The van der Waals surface area contributed by atoms with Crippen molar-refractivity contribution in [2.24, 2.45) is 0 Å². The SMILES string of the molecule is CC1(C)CCC(C)(C)N1OCNc1ncnc2c1ncn2[C@@H]1O[C@H](CO)C(O)C1O. The highest BCUT2D eigenvalue weighted by atomic mass is 16.7. The van der Waals surface area contributed by atoms with E-state index in [4.69, 9.17) is 9.57 Å². The molecular formula is C19H30N6O5. The van der Waals surface area contributed by atoms with E-state index in [1.165, 1.54) is 17.2 Å². The first-order valence-electron chi connectivity index (χ1n) is 10.1. The molecule has 0 saturated carbocycles. The van der Waals surface area contributed by atoms with Gasteiger partial charge in [-0.25, -0.2) is 15.0 Å². The number of hydrogen-bond donors (Lipinski definition) is 4. The molecule has 4 atom stereocenters. The van der Waals surface area contributed by atoms with Gasteiger partial charge in [0.1, 0.15) is 31.4 Å². The van der Waals surface area contributed by atoms with Crippen LogP contribution < -0.4 is 5.32 Å². The van der Waals surface area contributed by atoms with E-state index >= 15 is 0 Å². The van der Waals surface area contributed by atoms with Crippen LogP contribution in [0.4, 0.5) is 5.82 Å². The molecule has 2 aromatic rings. The van der Waals surface area contributed by atoms with Crippen molar-refractivity contribution in [1.29, 1.82) is 0 Å². The highest BCUT2D eigenvalue weighted by Crippen LogP contribution is 2.40. The lowest BCUT2D eigenvalue weighted by atomic mass is 10.0. The van der Waals surface area contributed by atoms with Crippen LogP contribution in [0.25, 0.3) is 11.2 Å². The van der Waals surface area contributed by atoms with Gasteiger partial charge in [-0.15, -0.1) is 0 Å². The minimum Gasteiger partial charge on any atom is -0.394 e. The molecule has 0 aliphatic carbocycles. The fourth-order valence-electron chi connectivity index (χ4n) is 4.43. The van der Waals surface area contributed by atoms with E-state index in [-0.39, 0.29) is 17.8 Å². The number of ether oxygens (including phenoxy) is 1. The fourth-order valence-corrected chi connectivity index (χ4v) is 4.43. The summed E-state index contributed by atoms with van der Waals surface area (Å²) in [5, 5.41) is 34.8. The first-order valence-corrected chi connectivity index (χ1v) is 10.1. The Morgan fingerprint density at radius 2 is 1.83 bits per heavy atom. The standard InChI is InChI=1S/C19H30N6O5/c1-18(2)5-6-19(3,4)25(18)29-10-23-15-12-16(21-8-20-15)24(9-22-12)17-14(28)13(27)11(7-26)30-17/h8-9,11,13-14,17,26-28H,5-7,10H2,1-4H3,(H,20,21,23)/t11-,13?,14?,17-/m1/s1. The van der Waals surface area contributed by atoms with Crippen molar-refractivity contribution < 1.29 is 24.9 Å². The number of anilines is 1. The van der Waals surface area contributed by atoms with E-state index in [1.807, 2.05) is 5.06 Å². The molecule has 4 rings (SSSR count). The summed E-state index contributed by atoms with van der Waals surface area (Å²) in [5.74, 6) is 0.486. The van der Waals surface area contributed by atoms with Crippen molar-refractivity contribution in [3.8, 4) is 0 Å². The second-order valence-corrected chi connectivity index (χ2v) is 9.14.